The Labute approximate surface area is 211 Å². The van der Waals surface area contributed by atoms with Gasteiger partial charge >= 0.3 is 0 Å². The normalized spacial score (nSPS) is 21.7. The van der Waals surface area contributed by atoms with E-state index in [2.05, 4.69) is 4.98 Å². The zero-order chi connectivity index (χ0) is 25.8. The minimum Gasteiger partial charge on any atom is -0.472 e. The molecule has 2 aliphatic rings. The predicted molar refractivity (Wildman–Crippen MR) is 132 cm³/mol. The van der Waals surface area contributed by atoms with Crippen LogP contribution in [0.4, 0.5) is 4.39 Å². The van der Waals surface area contributed by atoms with Gasteiger partial charge in [0.2, 0.25) is 11.8 Å². The first-order chi connectivity index (χ1) is 17.3. The maximum Gasteiger partial charge on any atom is 0.259 e. The molecule has 1 fully saturated rings. The van der Waals surface area contributed by atoms with Crippen LogP contribution in [0.3, 0.4) is 0 Å². The number of amides is 2. The highest BCUT2D eigenvalue weighted by Gasteiger charge is 2.35. The van der Waals surface area contributed by atoms with Crippen LogP contribution in [0.5, 0.6) is 5.88 Å². The predicted octanol–water partition coefficient (Wildman–Crippen LogP) is 2.99. The lowest BCUT2D eigenvalue weighted by Crippen LogP contribution is -2.51. The fourth-order valence-electron chi connectivity index (χ4n) is 4.78. The van der Waals surface area contributed by atoms with Crippen LogP contribution in [-0.4, -0.2) is 83.8 Å². The fourth-order valence-corrected chi connectivity index (χ4v) is 4.78. The van der Waals surface area contributed by atoms with Crippen LogP contribution in [0.2, 0.25) is 0 Å². The molecular weight excluding hydrogens is 465 g/mol. The maximum atomic E-state index is 14.5. The van der Waals surface area contributed by atoms with Crippen molar-refractivity contribution in [2.75, 3.05) is 40.0 Å². The summed E-state index contributed by atoms with van der Waals surface area (Å²) in [5.74, 6) is -0.787. The Morgan fingerprint density at radius 3 is 2.69 bits per heavy atom. The van der Waals surface area contributed by atoms with Crippen molar-refractivity contribution in [1.29, 1.82) is 0 Å². The van der Waals surface area contributed by atoms with Crippen molar-refractivity contribution >= 4 is 11.8 Å². The van der Waals surface area contributed by atoms with Gasteiger partial charge in [0.25, 0.3) is 5.91 Å². The van der Waals surface area contributed by atoms with Crippen molar-refractivity contribution in [3.63, 3.8) is 0 Å². The molecule has 2 aromatic rings. The van der Waals surface area contributed by atoms with Gasteiger partial charge in [-0.1, -0.05) is 25.1 Å². The molecule has 1 saturated heterocycles. The topological polar surface area (TPSA) is 92.2 Å². The molecule has 0 bridgehead atoms. The third kappa shape index (κ3) is 5.52. The molecule has 1 aromatic heterocycles. The minimum absolute atomic E-state index is 0.0518. The molecule has 0 spiro atoms. The van der Waals surface area contributed by atoms with Gasteiger partial charge < -0.3 is 24.4 Å². The van der Waals surface area contributed by atoms with Gasteiger partial charge in [0.15, 0.2) is 0 Å². The molecule has 1 N–H and O–H groups in total. The summed E-state index contributed by atoms with van der Waals surface area (Å²) in [4.78, 5) is 34.3. The first kappa shape index (κ1) is 26.0. The Bertz CT molecular complexity index is 1090. The van der Waals surface area contributed by atoms with E-state index in [0.29, 0.717) is 50.3 Å². The number of carbonyl (C=O) groups excluding carboxylic acids is 2. The summed E-state index contributed by atoms with van der Waals surface area (Å²) in [6.45, 7) is 5.34. The number of hydrogen-bond acceptors (Lipinski definition) is 6. The van der Waals surface area contributed by atoms with Crippen molar-refractivity contribution in [2.24, 2.45) is 11.8 Å². The fraction of sp³-hybridized carbons (Fsp3) is 0.519. The SMILES string of the molecule is C[C@@H]1CN([C@H](C)CO)C(=O)c2cc(-c3ccccc3F)cnc2O[C@H]1CN(C)C(=O)C1CCOCC1. The van der Waals surface area contributed by atoms with E-state index in [0.717, 1.165) is 0 Å². The molecule has 0 saturated carbocycles. The van der Waals surface area contributed by atoms with Gasteiger partial charge in [0, 0.05) is 56.0 Å². The Kier molecular flexibility index (Phi) is 8.21. The number of fused-ring (bicyclic) bond motifs is 1. The number of halogens is 1. The average Bonchev–Trinajstić information content (AvgIpc) is 2.90. The number of pyridine rings is 1. The van der Waals surface area contributed by atoms with Crippen molar-refractivity contribution in [3.05, 3.63) is 47.9 Å². The van der Waals surface area contributed by atoms with Crippen LogP contribution in [0.25, 0.3) is 11.1 Å². The van der Waals surface area contributed by atoms with Crippen molar-refractivity contribution in [3.8, 4) is 17.0 Å². The summed E-state index contributed by atoms with van der Waals surface area (Å²) >= 11 is 0. The molecule has 36 heavy (non-hydrogen) atoms. The average molecular weight is 500 g/mol. The summed E-state index contributed by atoms with van der Waals surface area (Å²) in [6.07, 6.45) is 2.45. The molecule has 0 unspecified atom stereocenters. The number of aliphatic hydroxyl groups is 1. The summed E-state index contributed by atoms with van der Waals surface area (Å²) in [5, 5.41) is 9.85. The van der Waals surface area contributed by atoms with Crippen molar-refractivity contribution in [2.45, 2.75) is 38.8 Å². The quantitative estimate of drug-likeness (QED) is 0.657. The number of aromatic nitrogens is 1. The monoisotopic (exact) mass is 499 g/mol. The number of hydrogen-bond donors (Lipinski definition) is 1. The second-order valence-corrected chi connectivity index (χ2v) is 9.78. The number of rotatable bonds is 6. The van der Waals surface area contributed by atoms with E-state index in [9.17, 15) is 19.1 Å². The van der Waals surface area contributed by atoms with Crippen molar-refractivity contribution < 1.29 is 28.6 Å². The number of ether oxygens (including phenoxy) is 2. The van der Waals surface area contributed by atoms with Gasteiger partial charge in [0.1, 0.15) is 17.5 Å². The van der Waals surface area contributed by atoms with Crippen LogP contribution < -0.4 is 4.74 Å². The second-order valence-electron chi connectivity index (χ2n) is 9.78. The zero-order valence-electron chi connectivity index (χ0n) is 21.0. The van der Waals surface area contributed by atoms with E-state index in [1.54, 1.807) is 48.0 Å². The van der Waals surface area contributed by atoms with Gasteiger partial charge in [-0.05, 0) is 31.9 Å². The smallest absolute Gasteiger partial charge is 0.259 e. The zero-order valence-corrected chi connectivity index (χ0v) is 21.0. The number of aliphatic hydroxyl groups excluding tert-OH is 1. The van der Waals surface area contributed by atoms with Crippen LogP contribution in [0, 0.1) is 17.7 Å². The van der Waals surface area contributed by atoms with Crippen LogP contribution >= 0.6 is 0 Å². The van der Waals surface area contributed by atoms with Crippen LogP contribution in [0.1, 0.15) is 37.0 Å². The highest BCUT2D eigenvalue weighted by atomic mass is 19.1. The molecule has 9 heteroatoms. The second kappa shape index (κ2) is 11.3. The highest BCUT2D eigenvalue weighted by Crippen LogP contribution is 2.31. The van der Waals surface area contributed by atoms with E-state index in [4.69, 9.17) is 9.47 Å². The molecular formula is C27H34FN3O5. The highest BCUT2D eigenvalue weighted by molar-refractivity contribution is 5.98. The van der Waals surface area contributed by atoms with Crippen LogP contribution in [0.15, 0.2) is 36.5 Å². The number of benzene rings is 1. The van der Waals surface area contributed by atoms with Gasteiger partial charge in [0.05, 0.1) is 19.2 Å². The van der Waals surface area contributed by atoms with E-state index in [1.165, 1.54) is 12.3 Å². The minimum atomic E-state index is -0.440. The molecule has 0 radical (unpaired) electrons. The largest absolute Gasteiger partial charge is 0.472 e. The summed E-state index contributed by atoms with van der Waals surface area (Å²) < 4.78 is 26.1. The maximum absolute atomic E-state index is 14.5. The third-order valence-corrected chi connectivity index (χ3v) is 7.11. The standard InChI is InChI=1S/C27H34FN3O5/c1-17-14-31(18(2)16-32)27(34)22-12-20(21-6-4-5-7-23(21)28)13-29-25(22)36-24(17)15-30(3)26(33)19-8-10-35-11-9-19/h4-7,12-13,17-19,24,32H,8-11,14-16H2,1-3H3/t17-,18-,24+/m1/s1. The number of likely N-dealkylation sites (N-methyl/N-ethyl adjacent to an activating group) is 1. The van der Waals surface area contributed by atoms with E-state index in [-0.39, 0.29) is 41.7 Å². The molecule has 8 nitrogen and oxygen atoms in total. The molecule has 2 amide bonds. The van der Waals surface area contributed by atoms with E-state index >= 15 is 0 Å². The molecule has 3 heterocycles. The van der Waals surface area contributed by atoms with Crippen LogP contribution in [-0.2, 0) is 9.53 Å². The van der Waals surface area contributed by atoms with E-state index in [1.807, 2.05) is 6.92 Å². The molecule has 0 aliphatic carbocycles. The van der Waals surface area contributed by atoms with Gasteiger partial charge in [-0.25, -0.2) is 9.37 Å². The Morgan fingerprint density at radius 2 is 2.00 bits per heavy atom. The Hall–Kier alpha value is -3.04. The number of carbonyl (C=O) groups is 2. The summed E-state index contributed by atoms with van der Waals surface area (Å²) in [6, 6.07) is 7.45. The summed E-state index contributed by atoms with van der Waals surface area (Å²) in [5.41, 5.74) is 0.986. The molecule has 194 valence electrons. The molecule has 1 aromatic carbocycles. The molecule has 2 aliphatic heterocycles. The first-order valence-corrected chi connectivity index (χ1v) is 12.5. The molecule has 3 atom stereocenters. The first-order valence-electron chi connectivity index (χ1n) is 12.5. The summed E-state index contributed by atoms with van der Waals surface area (Å²) in [7, 11) is 1.77. The van der Waals surface area contributed by atoms with E-state index < -0.39 is 18.0 Å². The third-order valence-electron chi connectivity index (χ3n) is 7.11. The number of nitrogens with zero attached hydrogens (tertiary/aromatic N) is 3. The molecule has 4 rings (SSSR count). The van der Waals surface area contributed by atoms with Gasteiger partial charge in [-0.2, -0.15) is 0 Å². The lowest BCUT2D eigenvalue weighted by molar-refractivity contribution is -0.138. The van der Waals surface area contributed by atoms with Gasteiger partial charge in [-0.15, -0.1) is 0 Å². The Morgan fingerprint density at radius 1 is 1.28 bits per heavy atom. The van der Waals surface area contributed by atoms with Gasteiger partial charge in [-0.3, -0.25) is 9.59 Å². The van der Waals surface area contributed by atoms with Crippen molar-refractivity contribution in [1.82, 2.24) is 14.8 Å². The Balaban J connectivity index is 1.66. The lowest BCUT2D eigenvalue weighted by atomic mass is 9.96. The lowest BCUT2D eigenvalue weighted by Gasteiger charge is -2.38.